The van der Waals surface area contributed by atoms with Crippen molar-refractivity contribution in [1.82, 2.24) is 10.6 Å². The Kier molecular flexibility index (Phi) is 5.06. The van der Waals surface area contributed by atoms with Gasteiger partial charge in [0.05, 0.1) is 6.04 Å². The average Bonchev–Trinajstić information content (AvgIpc) is 2.91. The lowest BCUT2D eigenvalue weighted by molar-refractivity contribution is 0.381. The standard InChI is InChI=1S/C16H18BrFN2S/c17-13-3-1-2-11(6-13)15(8-18)20-10-14-7-12-9-19-5-4-16(12)21-14/h1-3,6-7,15,19-20H,4-5,8-10H2. The number of thiophene rings is 1. The zero-order valence-electron chi connectivity index (χ0n) is 11.7. The maximum atomic E-state index is 13.3. The van der Waals surface area contributed by atoms with Crippen LogP contribution in [0.1, 0.15) is 26.9 Å². The highest BCUT2D eigenvalue weighted by molar-refractivity contribution is 9.10. The third-order valence-electron chi connectivity index (χ3n) is 3.72. The van der Waals surface area contributed by atoms with Gasteiger partial charge in [-0.15, -0.1) is 11.3 Å². The molecule has 112 valence electrons. The van der Waals surface area contributed by atoms with Gasteiger partial charge in [0.25, 0.3) is 0 Å². The number of benzene rings is 1. The van der Waals surface area contributed by atoms with Gasteiger partial charge in [-0.05, 0) is 35.7 Å². The first-order valence-electron chi connectivity index (χ1n) is 7.12. The molecule has 2 nitrogen and oxygen atoms in total. The zero-order valence-corrected chi connectivity index (χ0v) is 14.1. The number of fused-ring (bicyclic) bond motifs is 1. The van der Waals surface area contributed by atoms with E-state index in [0.29, 0.717) is 0 Å². The average molecular weight is 369 g/mol. The Morgan fingerprint density at radius 2 is 2.29 bits per heavy atom. The van der Waals surface area contributed by atoms with Crippen LogP contribution in [0.25, 0.3) is 0 Å². The molecule has 0 radical (unpaired) electrons. The van der Waals surface area contributed by atoms with E-state index in [2.05, 4.69) is 32.6 Å². The predicted octanol–water partition coefficient (Wildman–Crippen LogP) is 3.96. The van der Waals surface area contributed by atoms with Crippen LogP contribution >= 0.6 is 27.3 Å². The fourth-order valence-corrected chi connectivity index (χ4v) is 4.17. The summed E-state index contributed by atoms with van der Waals surface area (Å²) >= 11 is 5.29. The Morgan fingerprint density at radius 1 is 1.38 bits per heavy atom. The molecule has 0 amide bonds. The van der Waals surface area contributed by atoms with Gasteiger partial charge in [0, 0.05) is 33.9 Å². The van der Waals surface area contributed by atoms with Gasteiger partial charge in [0.15, 0.2) is 0 Å². The Morgan fingerprint density at radius 3 is 3.05 bits per heavy atom. The minimum absolute atomic E-state index is 0.250. The highest BCUT2D eigenvalue weighted by atomic mass is 79.9. The van der Waals surface area contributed by atoms with E-state index in [4.69, 9.17) is 0 Å². The second-order valence-electron chi connectivity index (χ2n) is 5.23. The maximum Gasteiger partial charge on any atom is 0.109 e. The number of halogens is 2. The smallest absolute Gasteiger partial charge is 0.109 e. The Labute approximate surface area is 136 Å². The van der Waals surface area contributed by atoms with Crippen molar-refractivity contribution in [3.63, 3.8) is 0 Å². The molecule has 2 aromatic rings. The quantitative estimate of drug-likeness (QED) is 0.834. The van der Waals surface area contributed by atoms with Gasteiger partial charge in [-0.25, -0.2) is 4.39 Å². The number of rotatable bonds is 5. The van der Waals surface area contributed by atoms with Crippen molar-refractivity contribution in [2.45, 2.75) is 25.6 Å². The lowest BCUT2D eigenvalue weighted by atomic mass is 10.1. The number of alkyl halides is 1. The molecule has 3 rings (SSSR count). The molecule has 1 atom stereocenters. The predicted molar refractivity (Wildman–Crippen MR) is 89.4 cm³/mol. The molecule has 1 aliphatic heterocycles. The van der Waals surface area contributed by atoms with Crippen molar-refractivity contribution in [1.29, 1.82) is 0 Å². The van der Waals surface area contributed by atoms with Gasteiger partial charge >= 0.3 is 0 Å². The van der Waals surface area contributed by atoms with Crippen molar-refractivity contribution in [2.75, 3.05) is 13.2 Å². The largest absolute Gasteiger partial charge is 0.312 e. The molecule has 21 heavy (non-hydrogen) atoms. The Balaban J connectivity index is 1.66. The van der Waals surface area contributed by atoms with E-state index >= 15 is 0 Å². The van der Waals surface area contributed by atoms with E-state index in [0.717, 1.165) is 36.1 Å². The summed E-state index contributed by atoms with van der Waals surface area (Å²) in [4.78, 5) is 2.77. The first-order valence-corrected chi connectivity index (χ1v) is 8.73. The molecule has 1 aromatic heterocycles. The van der Waals surface area contributed by atoms with Gasteiger partial charge in [-0.3, -0.25) is 0 Å². The van der Waals surface area contributed by atoms with Crippen LogP contribution in [0.5, 0.6) is 0 Å². The molecule has 0 saturated carbocycles. The van der Waals surface area contributed by atoms with Crippen LogP contribution in [-0.4, -0.2) is 13.2 Å². The fraction of sp³-hybridized carbons (Fsp3) is 0.375. The minimum atomic E-state index is -0.400. The molecule has 1 aromatic carbocycles. The van der Waals surface area contributed by atoms with Crippen molar-refractivity contribution in [3.05, 3.63) is 55.7 Å². The van der Waals surface area contributed by atoms with E-state index in [1.807, 2.05) is 35.6 Å². The topological polar surface area (TPSA) is 24.1 Å². The van der Waals surface area contributed by atoms with E-state index in [1.54, 1.807) is 0 Å². The van der Waals surface area contributed by atoms with Crippen LogP contribution in [0.3, 0.4) is 0 Å². The molecule has 2 N–H and O–H groups in total. The summed E-state index contributed by atoms with van der Waals surface area (Å²) < 4.78 is 14.3. The third kappa shape index (κ3) is 3.72. The molecule has 1 aliphatic rings. The molecule has 0 bridgehead atoms. The van der Waals surface area contributed by atoms with E-state index < -0.39 is 6.67 Å². The number of nitrogens with one attached hydrogen (secondary N) is 2. The molecule has 1 unspecified atom stereocenters. The van der Waals surface area contributed by atoms with Crippen LogP contribution in [-0.2, 0) is 19.5 Å². The molecule has 2 heterocycles. The Bertz CT molecular complexity index is 591. The van der Waals surface area contributed by atoms with Crippen molar-refractivity contribution in [3.8, 4) is 0 Å². The first-order chi connectivity index (χ1) is 10.3. The third-order valence-corrected chi connectivity index (χ3v) is 5.45. The first kappa shape index (κ1) is 15.2. The summed E-state index contributed by atoms with van der Waals surface area (Å²) in [5, 5.41) is 6.72. The summed E-state index contributed by atoms with van der Waals surface area (Å²) in [6, 6.07) is 9.83. The summed E-state index contributed by atoms with van der Waals surface area (Å²) in [5.74, 6) is 0. The van der Waals surface area contributed by atoms with Crippen LogP contribution in [0.4, 0.5) is 4.39 Å². The van der Waals surface area contributed by atoms with Gasteiger partial charge in [-0.1, -0.05) is 28.1 Å². The SMILES string of the molecule is FCC(NCc1cc2c(s1)CCNC2)c1cccc(Br)c1. The molecule has 0 fully saturated rings. The summed E-state index contributed by atoms with van der Waals surface area (Å²) in [6.45, 7) is 2.34. The lowest BCUT2D eigenvalue weighted by Gasteiger charge is -2.15. The van der Waals surface area contributed by atoms with Crippen LogP contribution in [0.2, 0.25) is 0 Å². The van der Waals surface area contributed by atoms with Crippen molar-refractivity contribution >= 4 is 27.3 Å². The fourth-order valence-electron chi connectivity index (χ4n) is 2.61. The molecule has 0 aliphatic carbocycles. The molecule has 5 heteroatoms. The normalized spacial score (nSPS) is 15.7. The van der Waals surface area contributed by atoms with Crippen LogP contribution in [0.15, 0.2) is 34.8 Å². The lowest BCUT2D eigenvalue weighted by Crippen LogP contribution is -2.22. The van der Waals surface area contributed by atoms with Crippen molar-refractivity contribution in [2.24, 2.45) is 0 Å². The van der Waals surface area contributed by atoms with Crippen LogP contribution < -0.4 is 10.6 Å². The summed E-state index contributed by atoms with van der Waals surface area (Å²) in [6.07, 6.45) is 1.11. The maximum absolute atomic E-state index is 13.3. The second-order valence-corrected chi connectivity index (χ2v) is 7.37. The zero-order chi connectivity index (χ0) is 14.7. The van der Waals surface area contributed by atoms with E-state index in [-0.39, 0.29) is 6.04 Å². The van der Waals surface area contributed by atoms with Gasteiger partial charge in [-0.2, -0.15) is 0 Å². The second kappa shape index (κ2) is 7.01. The van der Waals surface area contributed by atoms with Gasteiger partial charge < -0.3 is 10.6 Å². The minimum Gasteiger partial charge on any atom is -0.312 e. The molecular weight excluding hydrogens is 351 g/mol. The summed E-state index contributed by atoms with van der Waals surface area (Å²) in [7, 11) is 0. The number of hydrogen-bond acceptors (Lipinski definition) is 3. The highest BCUT2D eigenvalue weighted by Crippen LogP contribution is 2.26. The monoisotopic (exact) mass is 368 g/mol. The van der Waals surface area contributed by atoms with E-state index in [9.17, 15) is 4.39 Å². The van der Waals surface area contributed by atoms with Gasteiger partial charge in [0.2, 0.25) is 0 Å². The Hall–Kier alpha value is -0.750. The van der Waals surface area contributed by atoms with Crippen LogP contribution in [0, 0.1) is 0 Å². The molecule has 0 spiro atoms. The highest BCUT2D eigenvalue weighted by Gasteiger charge is 2.15. The summed E-state index contributed by atoms with van der Waals surface area (Å²) in [5.41, 5.74) is 2.39. The van der Waals surface area contributed by atoms with E-state index in [1.165, 1.54) is 15.3 Å². The molecular formula is C16H18BrFN2S. The van der Waals surface area contributed by atoms with Crippen molar-refractivity contribution < 1.29 is 4.39 Å². The molecule has 0 saturated heterocycles. The van der Waals surface area contributed by atoms with Gasteiger partial charge in [0.1, 0.15) is 6.67 Å². The number of hydrogen-bond donors (Lipinski definition) is 2.